The summed E-state index contributed by atoms with van der Waals surface area (Å²) in [6, 6.07) is 0. The van der Waals surface area contributed by atoms with Gasteiger partial charge < -0.3 is 16.0 Å². The van der Waals surface area contributed by atoms with Gasteiger partial charge in [-0.1, -0.05) is 0 Å². The van der Waals surface area contributed by atoms with Crippen molar-refractivity contribution in [2.75, 3.05) is 19.6 Å². The molecule has 4 bridgehead atoms. The second-order valence-corrected chi connectivity index (χ2v) is 8.87. The minimum Gasteiger partial charge on any atom is -0.369 e. The van der Waals surface area contributed by atoms with Crippen LogP contribution in [-0.2, 0) is 9.59 Å². The third-order valence-electron chi connectivity index (χ3n) is 6.87. The molecule has 5 aliphatic rings. The minimum atomic E-state index is -0.205. The third-order valence-corrected chi connectivity index (χ3v) is 6.87. The Kier molecular flexibility index (Phi) is 3.87. The average Bonchev–Trinajstić information content (AvgIpc) is 2.45. The largest absolute Gasteiger partial charge is 0.369 e. The van der Waals surface area contributed by atoms with E-state index in [1.807, 2.05) is 0 Å². The summed E-state index contributed by atoms with van der Waals surface area (Å²) in [6.45, 7) is 2.22. The highest BCUT2D eigenvalue weighted by atomic mass is 16.2. The Morgan fingerprint density at radius 3 is 2.26 bits per heavy atom. The molecule has 1 aliphatic heterocycles. The van der Waals surface area contributed by atoms with Crippen LogP contribution in [0.25, 0.3) is 0 Å². The molecule has 4 saturated carbocycles. The van der Waals surface area contributed by atoms with Gasteiger partial charge in [0.2, 0.25) is 5.91 Å². The number of carbonyl (C=O) groups is 2. The third kappa shape index (κ3) is 3.12. The van der Waals surface area contributed by atoms with Crippen molar-refractivity contribution in [3.8, 4) is 0 Å². The Labute approximate surface area is 138 Å². The van der Waals surface area contributed by atoms with Crippen LogP contribution in [0.3, 0.4) is 0 Å². The highest BCUT2D eigenvalue weighted by molar-refractivity contribution is 5.78. The summed E-state index contributed by atoms with van der Waals surface area (Å²) in [5, 5.41) is 3.44. The summed E-state index contributed by atoms with van der Waals surface area (Å²) >= 11 is 0. The maximum absolute atomic E-state index is 12.6. The number of primary amides is 1. The lowest BCUT2D eigenvalue weighted by atomic mass is 9.53. The highest BCUT2D eigenvalue weighted by Gasteiger charge is 2.51. The minimum absolute atomic E-state index is 0.0499. The normalized spacial score (nSPS) is 45.0. The molecule has 5 rings (SSSR count). The summed E-state index contributed by atoms with van der Waals surface area (Å²) in [4.78, 5) is 25.2. The van der Waals surface area contributed by atoms with E-state index in [1.165, 1.54) is 43.4 Å². The molecule has 0 radical (unpaired) electrons. The van der Waals surface area contributed by atoms with Gasteiger partial charge in [-0.15, -0.1) is 0 Å². The zero-order valence-corrected chi connectivity index (χ0v) is 14.0. The Hall–Kier alpha value is -1.10. The Bertz CT molecular complexity index is 469. The quantitative estimate of drug-likeness (QED) is 0.674. The van der Waals surface area contributed by atoms with E-state index in [4.69, 9.17) is 5.73 Å². The molecule has 0 aromatic heterocycles. The van der Waals surface area contributed by atoms with Gasteiger partial charge in [-0.05, 0) is 69.1 Å². The fourth-order valence-corrected chi connectivity index (χ4v) is 6.39. The van der Waals surface area contributed by atoms with Gasteiger partial charge in [0.25, 0.3) is 5.91 Å². The van der Waals surface area contributed by atoms with Gasteiger partial charge in [0.1, 0.15) is 0 Å². The first-order valence-electron chi connectivity index (χ1n) is 9.45. The van der Waals surface area contributed by atoms with E-state index in [0.29, 0.717) is 6.54 Å². The van der Waals surface area contributed by atoms with Gasteiger partial charge in [0, 0.05) is 5.54 Å². The molecular formula is C18H30N3O2+. The van der Waals surface area contributed by atoms with Gasteiger partial charge in [0.15, 0.2) is 6.54 Å². The topological polar surface area (TPSA) is 76.6 Å². The van der Waals surface area contributed by atoms with E-state index in [9.17, 15) is 9.59 Å². The first-order valence-corrected chi connectivity index (χ1v) is 9.45. The van der Waals surface area contributed by atoms with Crippen LogP contribution >= 0.6 is 0 Å². The second-order valence-electron chi connectivity index (χ2n) is 8.87. The predicted molar refractivity (Wildman–Crippen MR) is 86.5 cm³/mol. The predicted octanol–water partition coefficient (Wildman–Crippen LogP) is -0.148. The molecule has 0 aromatic rings. The van der Waals surface area contributed by atoms with Crippen molar-refractivity contribution < 1.29 is 14.5 Å². The molecule has 4 N–H and O–H groups in total. The van der Waals surface area contributed by atoms with Gasteiger partial charge >= 0.3 is 0 Å². The summed E-state index contributed by atoms with van der Waals surface area (Å²) in [5.41, 5.74) is 5.54. The molecule has 0 spiro atoms. The molecule has 5 heteroatoms. The lowest BCUT2D eigenvalue weighted by molar-refractivity contribution is -0.899. The van der Waals surface area contributed by atoms with Gasteiger partial charge in [0.05, 0.1) is 19.0 Å². The molecule has 128 valence electrons. The number of nitrogens with one attached hydrogen (secondary N) is 2. The number of carbonyl (C=O) groups excluding carboxylic acids is 2. The van der Waals surface area contributed by atoms with E-state index >= 15 is 0 Å². The molecule has 1 unspecified atom stereocenters. The van der Waals surface area contributed by atoms with E-state index in [0.717, 1.165) is 43.7 Å². The number of quaternary nitrogens is 1. The molecule has 1 heterocycles. The monoisotopic (exact) mass is 320 g/mol. The first-order chi connectivity index (χ1) is 11.0. The molecule has 0 aromatic carbocycles. The van der Waals surface area contributed by atoms with Crippen molar-refractivity contribution in [2.24, 2.45) is 29.4 Å². The number of hydrogen-bond acceptors (Lipinski definition) is 2. The highest BCUT2D eigenvalue weighted by Crippen LogP contribution is 2.55. The zero-order valence-electron chi connectivity index (χ0n) is 14.0. The number of likely N-dealkylation sites (tertiary alicyclic amines) is 1. The van der Waals surface area contributed by atoms with Crippen LogP contribution in [-0.4, -0.2) is 37.0 Å². The number of nitrogens with two attached hydrogens (primary N) is 1. The smallest absolute Gasteiger partial charge is 0.275 e. The van der Waals surface area contributed by atoms with E-state index in [-0.39, 0.29) is 23.3 Å². The number of piperidine rings is 1. The van der Waals surface area contributed by atoms with Crippen LogP contribution in [0.5, 0.6) is 0 Å². The van der Waals surface area contributed by atoms with Crippen molar-refractivity contribution in [2.45, 2.75) is 56.9 Å². The molecule has 2 amide bonds. The van der Waals surface area contributed by atoms with E-state index in [2.05, 4.69) is 5.32 Å². The summed E-state index contributed by atoms with van der Waals surface area (Å²) in [7, 11) is 0. The lowest BCUT2D eigenvalue weighted by Crippen LogP contribution is -3.15. The summed E-state index contributed by atoms with van der Waals surface area (Å²) < 4.78 is 0. The van der Waals surface area contributed by atoms with Crippen LogP contribution in [0.2, 0.25) is 0 Å². The van der Waals surface area contributed by atoms with E-state index in [1.54, 1.807) is 0 Å². The number of rotatable bonds is 4. The zero-order chi connectivity index (χ0) is 16.0. The van der Waals surface area contributed by atoms with Crippen molar-refractivity contribution >= 4 is 11.8 Å². The SMILES string of the molecule is NC(=O)[C@@H]1CCC[NH+](CC(=O)NC23CC4CC(CC(C4)C2)C3)C1. The molecule has 4 aliphatic carbocycles. The van der Waals surface area contributed by atoms with Gasteiger partial charge in [-0.3, -0.25) is 9.59 Å². The fraction of sp³-hybridized carbons (Fsp3) is 0.889. The molecular weight excluding hydrogens is 290 g/mol. The Morgan fingerprint density at radius 1 is 1.09 bits per heavy atom. The van der Waals surface area contributed by atoms with Crippen LogP contribution in [0, 0.1) is 23.7 Å². The second kappa shape index (κ2) is 5.76. The Balaban J connectivity index is 1.34. The molecule has 23 heavy (non-hydrogen) atoms. The maximum atomic E-state index is 12.6. The fourth-order valence-electron chi connectivity index (χ4n) is 6.39. The van der Waals surface area contributed by atoms with Crippen molar-refractivity contribution in [1.82, 2.24) is 5.32 Å². The van der Waals surface area contributed by atoms with Crippen molar-refractivity contribution in [1.29, 1.82) is 0 Å². The van der Waals surface area contributed by atoms with Crippen LogP contribution in [0.1, 0.15) is 51.4 Å². The van der Waals surface area contributed by atoms with E-state index < -0.39 is 0 Å². The summed E-state index contributed by atoms with van der Waals surface area (Å²) in [6.07, 6.45) is 9.66. The standard InChI is InChI=1S/C18H29N3O2/c19-17(23)15-2-1-3-21(10-15)11-16(22)20-18-7-12-4-13(8-18)6-14(5-12)9-18/h12-15H,1-11H2,(H2,19,23)(H,20,22)/p+1/t12?,13?,14?,15-,18?/m1/s1. The van der Waals surface area contributed by atoms with Crippen molar-refractivity contribution in [3.63, 3.8) is 0 Å². The van der Waals surface area contributed by atoms with Crippen molar-refractivity contribution in [3.05, 3.63) is 0 Å². The van der Waals surface area contributed by atoms with Gasteiger partial charge in [-0.25, -0.2) is 0 Å². The summed E-state index contributed by atoms with van der Waals surface area (Å²) in [5.74, 6) is 2.48. The average molecular weight is 320 g/mol. The Morgan fingerprint density at radius 2 is 1.70 bits per heavy atom. The maximum Gasteiger partial charge on any atom is 0.275 e. The first kappa shape index (κ1) is 15.4. The molecule has 5 fully saturated rings. The molecule has 2 atom stereocenters. The lowest BCUT2D eigenvalue weighted by Gasteiger charge is -2.56. The number of amides is 2. The molecule has 5 nitrogen and oxygen atoms in total. The van der Waals surface area contributed by atoms with Crippen LogP contribution < -0.4 is 16.0 Å². The van der Waals surface area contributed by atoms with Crippen LogP contribution in [0.4, 0.5) is 0 Å². The number of hydrogen-bond donors (Lipinski definition) is 3. The molecule has 1 saturated heterocycles. The van der Waals surface area contributed by atoms with Crippen LogP contribution in [0.15, 0.2) is 0 Å². The van der Waals surface area contributed by atoms with Gasteiger partial charge in [-0.2, -0.15) is 0 Å².